The number of nitrogens with zero attached hydrogens (tertiary/aromatic N) is 3. The standard InChI is InChI=1S/C24H18ClF2N3O4/c25-18-8-9-19-22(21(18)27)30(15-6-4-14(5-7-15)28-11-16(31)12-28)24(34)29(19)10-13-2-1-3-17(20(13)26)23(32)33/h1-9,16,31H,10-12H2,(H,32,33). The molecule has 1 aromatic heterocycles. The Labute approximate surface area is 196 Å². The molecule has 1 aliphatic rings. The first-order valence-electron chi connectivity index (χ1n) is 10.4. The van der Waals surface area contributed by atoms with Gasteiger partial charge in [-0.1, -0.05) is 23.7 Å². The number of benzene rings is 3. The van der Waals surface area contributed by atoms with Gasteiger partial charge in [0.15, 0.2) is 5.82 Å². The highest BCUT2D eigenvalue weighted by molar-refractivity contribution is 6.31. The van der Waals surface area contributed by atoms with Crippen LogP contribution in [0.4, 0.5) is 14.5 Å². The highest BCUT2D eigenvalue weighted by Gasteiger charge is 2.25. The predicted octanol–water partition coefficient (Wildman–Crippen LogP) is 3.65. The molecule has 0 spiro atoms. The Balaban J connectivity index is 1.65. The van der Waals surface area contributed by atoms with Crippen LogP contribution in [0.3, 0.4) is 0 Å². The van der Waals surface area contributed by atoms with E-state index in [1.807, 2.05) is 4.90 Å². The van der Waals surface area contributed by atoms with Crippen molar-refractivity contribution in [2.24, 2.45) is 0 Å². The van der Waals surface area contributed by atoms with Crippen molar-refractivity contribution in [1.82, 2.24) is 9.13 Å². The molecular formula is C24H18ClF2N3O4. The zero-order valence-electron chi connectivity index (χ0n) is 17.6. The van der Waals surface area contributed by atoms with E-state index in [0.29, 0.717) is 18.8 Å². The number of fused-ring (bicyclic) bond motifs is 1. The molecule has 2 N–H and O–H groups in total. The van der Waals surface area contributed by atoms with Crippen LogP contribution in [0.25, 0.3) is 16.7 Å². The molecule has 5 rings (SSSR count). The van der Waals surface area contributed by atoms with Gasteiger partial charge < -0.3 is 15.1 Å². The Morgan fingerprint density at radius 2 is 1.68 bits per heavy atom. The lowest BCUT2D eigenvalue weighted by Crippen LogP contribution is -2.50. The Hall–Kier alpha value is -3.69. The molecule has 174 valence electrons. The summed E-state index contributed by atoms with van der Waals surface area (Å²) in [6.45, 7) is 0.702. The molecule has 4 aromatic rings. The van der Waals surface area contributed by atoms with E-state index >= 15 is 4.39 Å². The van der Waals surface area contributed by atoms with Crippen LogP contribution >= 0.6 is 11.6 Å². The van der Waals surface area contributed by atoms with E-state index in [9.17, 15) is 24.2 Å². The monoisotopic (exact) mass is 485 g/mol. The second-order valence-corrected chi connectivity index (χ2v) is 8.50. The Kier molecular flexibility index (Phi) is 5.38. The summed E-state index contributed by atoms with van der Waals surface area (Å²) in [5.41, 5.74) is 0.152. The number of aliphatic hydroxyl groups is 1. The van der Waals surface area contributed by atoms with Gasteiger partial charge in [-0.2, -0.15) is 0 Å². The quantitative estimate of drug-likeness (QED) is 0.450. The normalized spacial score (nSPS) is 13.9. The van der Waals surface area contributed by atoms with Crippen LogP contribution in [0.1, 0.15) is 15.9 Å². The largest absolute Gasteiger partial charge is 0.478 e. The number of rotatable bonds is 5. The van der Waals surface area contributed by atoms with Crippen molar-refractivity contribution in [3.8, 4) is 5.69 Å². The highest BCUT2D eigenvalue weighted by atomic mass is 35.5. The molecule has 0 atom stereocenters. The number of hydrogen-bond acceptors (Lipinski definition) is 4. The molecule has 7 nitrogen and oxygen atoms in total. The van der Waals surface area contributed by atoms with E-state index in [1.54, 1.807) is 24.3 Å². The molecule has 0 amide bonds. The summed E-state index contributed by atoms with van der Waals surface area (Å²) in [7, 11) is 0. The molecule has 1 fully saturated rings. The van der Waals surface area contributed by atoms with Gasteiger partial charge in [0.2, 0.25) is 0 Å². The average molecular weight is 486 g/mol. The van der Waals surface area contributed by atoms with Gasteiger partial charge in [0.05, 0.1) is 34.4 Å². The lowest BCUT2D eigenvalue weighted by Gasteiger charge is -2.37. The number of anilines is 1. The number of aromatic carboxylic acids is 1. The lowest BCUT2D eigenvalue weighted by atomic mass is 10.1. The van der Waals surface area contributed by atoms with Gasteiger partial charge in [0.25, 0.3) is 0 Å². The fraction of sp³-hybridized carbons (Fsp3) is 0.167. The summed E-state index contributed by atoms with van der Waals surface area (Å²) in [6.07, 6.45) is -0.378. The Bertz CT molecular complexity index is 1490. The third kappa shape index (κ3) is 3.53. The number of β-amino-alcohol motifs (C(OH)–C–C–N with tert-alkyl or cyclic N) is 1. The zero-order valence-corrected chi connectivity index (χ0v) is 18.3. The maximum Gasteiger partial charge on any atom is 0.338 e. The minimum atomic E-state index is -1.43. The average Bonchev–Trinajstić information content (AvgIpc) is 3.07. The first kappa shape index (κ1) is 22.1. The van der Waals surface area contributed by atoms with Gasteiger partial charge in [0.1, 0.15) is 11.3 Å². The van der Waals surface area contributed by atoms with Gasteiger partial charge in [-0.15, -0.1) is 0 Å². The first-order valence-corrected chi connectivity index (χ1v) is 10.8. The van der Waals surface area contributed by atoms with Gasteiger partial charge >= 0.3 is 11.7 Å². The number of hydrogen-bond donors (Lipinski definition) is 2. The van der Waals surface area contributed by atoms with E-state index in [2.05, 4.69) is 0 Å². The summed E-state index contributed by atoms with van der Waals surface area (Å²) in [4.78, 5) is 26.7. The molecule has 1 aliphatic heterocycles. The maximum absolute atomic E-state index is 15.1. The van der Waals surface area contributed by atoms with Gasteiger partial charge in [-0.25, -0.2) is 18.4 Å². The third-order valence-electron chi connectivity index (χ3n) is 5.96. The van der Waals surface area contributed by atoms with Crippen LogP contribution in [0.2, 0.25) is 5.02 Å². The van der Waals surface area contributed by atoms with Crippen LogP contribution in [-0.2, 0) is 6.54 Å². The Morgan fingerprint density at radius 3 is 2.32 bits per heavy atom. The molecule has 0 radical (unpaired) electrons. The molecule has 0 saturated carbocycles. The second kappa shape index (κ2) is 8.27. The van der Waals surface area contributed by atoms with Crippen molar-refractivity contribution < 1.29 is 23.8 Å². The van der Waals surface area contributed by atoms with Crippen molar-refractivity contribution in [2.75, 3.05) is 18.0 Å². The minimum absolute atomic E-state index is 0.0249. The fourth-order valence-corrected chi connectivity index (χ4v) is 4.34. The smallest absolute Gasteiger partial charge is 0.338 e. The summed E-state index contributed by atoms with van der Waals surface area (Å²) >= 11 is 6.00. The van der Waals surface area contributed by atoms with Gasteiger partial charge in [-0.3, -0.25) is 9.13 Å². The molecule has 0 bridgehead atoms. The van der Waals surface area contributed by atoms with Crippen LogP contribution in [0.5, 0.6) is 0 Å². The molecule has 34 heavy (non-hydrogen) atoms. The van der Waals surface area contributed by atoms with Crippen molar-refractivity contribution in [2.45, 2.75) is 12.6 Å². The van der Waals surface area contributed by atoms with Crippen LogP contribution < -0.4 is 10.6 Å². The summed E-state index contributed by atoms with van der Waals surface area (Å²) in [6, 6.07) is 13.5. The zero-order chi connectivity index (χ0) is 24.1. The van der Waals surface area contributed by atoms with E-state index in [4.69, 9.17) is 11.6 Å². The number of halogens is 3. The van der Waals surface area contributed by atoms with Crippen LogP contribution in [0, 0.1) is 11.6 Å². The number of carboxylic acid groups (broad SMARTS) is 1. The van der Waals surface area contributed by atoms with Crippen molar-refractivity contribution in [1.29, 1.82) is 0 Å². The number of carbonyl (C=O) groups is 1. The second-order valence-electron chi connectivity index (χ2n) is 8.09. The fourth-order valence-electron chi connectivity index (χ4n) is 4.19. The summed E-state index contributed by atoms with van der Waals surface area (Å²) in [5, 5.41) is 18.5. The van der Waals surface area contributed by atoms with E-state index < -0.39 is 28.9 Å². The molecule has 10 heteroatoms. The number of aromatic nitrogens is 2. The number of aliphatic hydroxyl groups excluding tert-OH is 1. The third-order valence-corrected chi connectivity index (χ3v) is 6.25. The molecule has 0 aliphatic carbocycles. The molecular weight excluding hydrogens is 468 g/mol. The topological polar surface area (TPSA) is 87.7 Å². The molecule has 1 saturated heterocycles. The van der Waals surface area contributed by atoms with Gasteiger partial charge in [0, 0.05) is 24.3 Å². The minimum Gasteiger partial charge on any atom is -0.478 e. The summed E-state index contributed by atoms with van der Waals surface area (Å²) in [5.74, 6) is -3.19. The number of imidazole rings is 1. The van der Waals surface area contributed by atoms with E-state index in [0.717, 1.165) is 16.3 Å². The van der Waals surface area contributed by atoms with Gasteiger partial charge in [-0.05, 0) is 42.5 Å². The number of carboxylic acids is 1. The van der Waals surface area contributed by atoms with E-state index in [1.165, 1.54) is 28.8 Å². The lowest BCUT2D eigenvalue weighted by molar-refractivity contribution is 0.0691. The first-order chi connectivity index (χ1) is 16.3. The maximum atomic E-state index is 15.1. The molecule has 2 heterocycles. The van der Waals surface area contributed by atoms with Crippen molar-refractivity contribution in [3.05, 3.63) is 92.9 Å². The predicted molar refractivity (Wildman–Crippen MR) is 123 cm³/mol. The van der Waals surface area contributed by atoms with Crippen molar-refractivity contribution in [3.63, 3.8) is 0 Å². The van der Waals surface area contributed by atoms with E-state index in [-0.39, 0.29) is 34.3 Å². The molecule has 3 aromatic carbocycles. The van der Waals surface area contributed by atoms with Crippen molar-refractivity contribution >= 4 is 34.3 Å². The SMILES string of the molecule is O=C(O)c1cccc(Cn2c(=O)n(-c3ccc(N4CC(O)C4)cc3)c3c(F)c(Cl)ccc32)c1F. The van der Waals surface area contributed by atoms with Crippen LogP contribution in [0.15, 0.2) is 59.4 Å². The molecule has 0 unspecified atom stereocenters. The van der Waals surface area contributed by atoms with Crippen LogP contribution in [-0.4, -0.2) is 44.5 Å². The highest BCUT2D eigenvalue weighted by Crippen LogP contribution is 2.29. The summed E-state index contributed by atoms with van der Waals surface area (Å²) < 4.78 is 32.3. The Morgan fingerprint density at radius 1 is 1.00 bits per heavy atom.